The molecule has 6 aromatic rings. The van der Waals surface area contributed by atoms with Gasteiger partial charge < -0.3 is 0 Å². The smallest absolute Gasteiger partial charge is 0.161 e. The average molecular weight is 463 g/mol. The lowest BCUT2D eigenvalue weighted by atomic mass is 9.81. The summed E-state index contributed by atoms with van der Waals surface area (Å²) < 4.78 is 2.18. The molecule has 7 rings (SSSR count). The van der Waals surface area contributed by atoms with Crippen LogP contribution in [0.5, 0.6) is 0 Å². The van der Waals surface area contributed by atoms with Gasteiger partial charge in [0.05, 0.1) is 17.2 Å². The van der Waals surface area contributed by atoms with Gasteiger partial charge in [-0.05, 0) is 28.3 Å². The van der Waals surface area contributed by atoms with Gasteiger partial charge in [0, 0.05) is 21.8 Å². The maximum Gasteiger partial charge on any atom is 0.161 e. The molecular formula is C32H22N4. The fourth-order valence-electron chi connectivity index (χ4n) is 5.88. The molecule has 0 saturated carbocycles. The zero-order valence-corrected chi connectivity index (χ0v) is 20.0. The monoisotopic (exact) mass is 462 g/mol. The Morgan fingerprint density at radius 1 is 0.778 bits per heavy atom. The van der Waals surface area contributed by atoms with Crippen molar-refractivity contribution in [3.8, 4) is 34.4 Å². The highest BCUT2D eigenvalue weighted by atomic mass is 15.1. The summed E-state index contributed by atoms with van der Waals surface area (Å²) in [5, 5.41) is 12.4. The number of aromatic nitrogens is 3. The number of nitrogens with zero attached hydrogens (tertiary/aromatic N) is 4. The van der Waals surface area contributed by atoms with Gasteiger partial charge in [0.2, 0.25) is 0 Å². The van der Waals surface area contributed by atoms with Crippen molar-refractivity contribution in [2.45, 2.75) is 19.3 Å². The first-order valence-corrected chi connectivity index (χ1v) is 12.1. The van der Waals surface area contributed by atoms with Crippen molar-refractivity contribution in [3.05, 3.63) is 114 Å². The van der Waals surface area contributed by atoms with Crippen LogP contribution in [0.25, 0.3) is 50.1 Å². The van der Waals surface area contributed by atoms with E-state index in [2.05, 4.69) is 84.1 Å². The van der Waals surface area contributed by atoms with Gasteiger partial charge in [0.15, 0.2) is 11.6 Å². The van der Waals surface area contributed by atoms with E-state index in [1.165, 1.54) is 22.3 Å². The average Bonchev–Trinajstić information content (AvgIpc) is 3.38. The third-order valence-electron chi connectivity index (χ3n) is 7.49. The van der Waals surface area contributed by atoms with Crippen LogP contribution < -0.4 is 0 Å². The second kappa shape index (κ2) is 7.37. The van der Waals surface area contributed by atoms with E-state index in [0.717, 1.165) is 27.4 Å². The Kier molecular flexibility index (Phi) is 4.22. The second-order valence-electron chi connectivity index (χ2n) is 9.82. The summed E-state index contributed by atoms with van der Waals surface area (Å²) in [5.74, 6) is 1.21. The van der Waals surface area contributed by atoms with E-state index in [9.17, 15) is 5.26 Å². The summed E-state index contributed by atoms with van der Waals surface area (Å²) in [6.45, 7) is 4.58. The second-order valence-corrected chi connectivity index (χ2v) is 9.82. The number of para-hydroxylation sites is 1. The highest BCUT2D eigenvalue weighted by molar-refractivity contribution is 6.13. The predicted molar refractivity (Wildman–Crippen MR) is 144 cm³/mol. The molecule has 0 fully saturated rings. The molecule has 0 radical (unpaired) electrons. The van der Waals surface area contributed by atoms with Gasteiger partial charge in [0.25, 0.3) is 0 Å². The summed E-state index contributed by atoms with van der Waals surface area (Å²) in [6.07, 6.45) is 1.65. The van der Waals surface area contributed by atoms with E-state index < -0.39 is 0 Å². The minimum absolute atomic E-state index is 0.209. The van der Waals surface area contributed by atoms with Crippen LogP contribution in [0, 0.1) is 11.3 Å². The Bertz CT molecular complexity index is 1870. The summed E-state index contributed by atoms with van der Waals surface area (Å²) >= 11 is 0. The predicted octanol–water partition coefficient (Wildman–Crippen LogP) is 7.42. The van der Waals surface area contributed by atoms with Crippen LogP contribution in [0.1, 0.15) is 30.5 Å². The molecule has 0 N–H and O–H groups in total. The van der Waals surface area contributed by atoms with Gasteiger partial charge in [-0.25, -0.2) is 9.97 Å². The minimum Gasteiger partial charge on any atom is -0.292 e. The van der Waals surface area contributed by atoms with Crippen molar-refractivity contribution in [3.63, 3.8) is 0 Å². The van der Waals surface area contributed by atoms with Crippen LogP contribution >= 0.6 is 0 Å². The number of nitriles is 1. The molecule has 0 unspecified atom stereocenters. The zero-order chi connectivity index (χ0) is 24.4. The molecule has 4 nitrogen and oxygen atoms in total. The highest BCUT2D eigenvalue weighted by Gasteiger charge is 2.38. The van der Waals surface area contributed by atoms with Crippen LogP contribution in [-0.4, -0.2) is 14.5 Å². The fraction of sp³-hybridized carbons (Fsp3) is 0.0938. The minimum atomic E-state index is -0.209. The molecule has 0 bridgehead atoms. The Morgan fingerprint density at radius 3 is 2.36 bits per heavy atom. The molecule has 1 aliphatic rings. The fourth-order valence-corrected chi connectivity index (χ4v) is 5.88. The number of rotatable bonds is 2. The summed E-state index contributed by atoms with van der Waals surface area (Å²) in [4.78, 5) is 9.55. The summed E-state index contributed by atoms with van der Waals surface area (Å²) in [5.41, 5.74) is 8.38. The lowest BCUT2D eigenvalue weighted by Crippen LogP contribution is -2.17. The number of hydrogen-bond donors (Lipinski definition) is 0. The van der Waals surface area contributed by atoms with E-state index in [-0.39, 0.29) is 5.41 Å². The molecule has 0 amide bonds. The standard InChI is InChI=1S/C32H22N4/c1-32(2)26-14-8-6-12-22(26)24-16-17-25-23-13-7-9-15-27(23)36(29(25)28(24)32)31-21(18-33)19-34-30(35-31)20-10-4-3-5-11-20/h3-17,19H,1-2H3. The zero-order valence-electron chi connectivity index (χ0n) is 20.0. The quantitative estimate of drug-likeness (QED) is 0.269. The molecule has 36 heavy (non-hydrogen) atoms. The van der Waals surface area contributed by atoms with E-state index in [1.54, 1.807) is 6.20 Å². The van der Waals surface area contributed by atoms with Crippen LogP contribution in [0.15, 0.2) is 97.2 Å². The molecule has 2 aromatic heterocycles. The molecule has 4 aromatic carbocycles. The maximum absolute atomic E-state index is 10.1. The third kappa shape index (κ3) is 2.68. The van der Waals surface area contributed by atoms with Gasteiger partial charge in [-0.2, -0.15) is 5.26 Å². The molecular weight excluding hydrogens is 440 g/mol. The maximum atomic E-state index is 10.1. The lowest BCUT2D eigenvalue weighted by molar-refractivity contribution is 0.663. The molecule has 0 saturated heterocycles. The van der Waals surface area contributed by atoms with Crippen molar-refractivity contribution in [2.75, 3.05) is 0 Å². The molecule has 0 spiro atoms. The van der Waals surface area contributed by atoms with Crippen molar-refractivity contribution >= 4 is 21.8 Å². The first-order chi connectivity index (χ1) is 17.6. The highest BCUT2D eigenvalue weighted by Crippen LogP contribution is 2.52. The Morgan fingerprint density at radius 2 is 1.53 bits per heavy atom. The number of fused-ring (bicyclic) bond motifs is 7. The molecule has 0 aliphatic heterocycles. The van der Waals surface area contributed by atoms with Crippen molar-refractivity contribution in [2.24, 2.45) is 0 Å². The summed E-state index contributed by atoms with van der Waals surface area (Å²) in [7, 11) is 0. The number of benzene rings is 4. The van der Waals surface area contributed by atoms with Gasteiger partial charge in [0.1, 0.15) is 11.6 Å². The van der Waals surface area contributed by atoms with E-state index in [4.69, 9.17) is 4.98 Å². The Balaban J connectivity index is 1.65. The first-order valence-electron chi connectivity index (χ1n) is 12.1. The third-order valence-corrected chi connectivity index (χ3v) is 7.49. The molecule has 1 aliphatic carbocycles. The van der Waals surface area contributed by atoms with Gasteiger partial charge in [-0.1, -0.05) is 98.8 Å². The van der Waals surface area contributed by atoms with Crippen molar-refractivity contribution < 1.29 is 0 Å². The Labute approximate surface area is 209 Å². The molecule has 2 heterocycles. The molecule has 170 valence electrons. The van der Waals surface area contributed by atoms with Crippen molar-refractivity contribution in [1.82, 2.24) is 14.5 Å². The van der Waals surface area contributed by atoms with E-state index >= 15 is 0 Å². The molecule has 0 atom stereocenters. The van der Waals surface area contributed by atoms with E-state index in [1.807, 2.05) is 36.4 Å². The SMILES string of the molecule is CC1(C)c2ccccc2-c2ccc3c4ccccc4n(-c4nc(-c5ccccc5)ncc4C#N)c3c21. The largest absolute Gasteiger partial charge is 0.292 e. The Hall–Kier alpha value is -4.75. The van der Waals surface area contributed by atoms with Gasteiger partial charge in [-0.15, -0.1) is 0 Å². The summed E-state index contributed by atoms with van der Waals surface area (Å²) in [6, 6.07) is 33.8. The van der Waals surface area contributed by atoms with Gasteiger partial charge in [-0.3, -0.25) is 4.57 Å². The van der Waals surface area contributed by atoms with Gasteiger partial charge >= 0.3 is 0 Å². The number of hydrogen-bond acceptors (Lipinski definition) is 3. The van der Waals surface area contributed by atoms with Crippen LogP contribution in [0.2, 0.25) is 0 Å². The lowest BCUT2D eigenvalue weighted by Gasteiger charge is -2.23. The van der Waals surface area contributed by atoms with Crippen LogP contribution in [0.4, 0.5) is 0 Å². The van der Waals surface area contributed by atoms with Crippen LogP contribution in [-0.2, 0) is 5.41 Å². The topological polar surface area (TPSA) is 54.5 Å². The first kappa shape index (κ1) is 20.6. The van der Waals surface area contributed by atoms with E-state index in [0.29, 0.717) is 17.2 Å². The molecule has 4 heteroatoms. The normalized spacial score (nSPS) is 13.5. The van der Waals surface area contributed by atoms with Crippen molar-refractivity contribution in [1.29, 1.82) is 5.26 Å². The van der Waals surface area contributed by atoms with Crippen LogP contribution in [0.3, 0.4) is 0 Å².